The first-order chi connectivity index (χ1) is 8.10. The van der Waals surface area contributed by atoms with Crippen molar-refractivity contribution in [1.29, 1.82) is 0 Å². The van der Waals surface area contributed by atoms with Gasteiger partial charge in [-0.15, -0.1) is 0 Å². The van der Waals surface area contributed by atoms with Gasteiger partial charge in [-0.1, -0.05) is 0 Å². The largest absolute Gasteiger partial charge is 0.380 e. The van der Waals surface area contributed by atoms with E-state index in [1.165, 1.54) is 12.3 Å². The first kappa shape index (κ1) is 13.9. The molecule has 2 N–H and O–H groups in total. The van der Waals surface area contributed by atoms with Gasteiger partial charge < -0.3 is 10.1 Å². The van der Waals surface area contributed by atoms with Crippen LogP contribution in [0.15, 0.2) is 23.2 Å². The summed E-state index contributed by atoms with van der Waals surface area (Å²) in [6.07, 6.45) is 1.31. The SMILES string of the molecule is CCOCCNS(=O)(=O)c1ccc(NC)nc1. The number of sulfonamides is 1. The van der Waals surface area contributed by atoms with Crippen LogP contribution in [0.3, 0.4) is 0 Å². The maximum atomic E-state index is 11.8. The van der Waals surface area contributed by atoms with Crippen LogP contribution in [0.1, 0.15) is 6.92 Å². The highest BCUT2D eigenvalue weighted by molar-refractivity contribution is 7.89. The summed E-state index contributed by atoms with van der Waals surface area (Å²) in [5.41, 5.74) is 0. The minimum Gasteiger partial charge on any atom is -0.380 e. The average molecular weight is 259 g/mol. The van der Waals surface area contributed by atoms with E-state index in [2.05, 4.69) is 15.0 Å². The van der Waals surface area contributed by atoms with E-state index in [9.17, 15) is 8.42 Å². The summed E-state index contributed by atoms with van der Waals surface area (Å²) in [5, 5.41) is 2.82. The van der Waals surface area contributed by atoms with Crippen LogP contribution in [0.25, 0.3) is 0 Å². The smallest absolute Gasteiger partial charge is 0.242 e. The number of ether oxygens (including phenoxy) is 1. The van der Waals surface area contributed by atoms with Gasteiger partial charge in [-0.3, -0.25) is 0 Å². The highest BCUT2D eigenvalue weighted by atomic mass is 32.2. The lowest BCUT2D eigenvalue weighted by Crippen LogP contribution is -2.27. The third-order valence-electron chi connectivity index (χ3n) is 2.05. The van der Waals surface area contributed by atoms with Crippen molar-refractivity contribution in [2.75, 3.05) is 32.1 Å². The van der Waals surface area contributed by atoms with Gasteiger partial charge >= 0.3 is 0 Å². The third kappa shape index (κ3) is 4.29. The Kier molecular flexibility index (Phi) is 5.33. The Morgan fingerprint density at radius 3 is 2.71 bits per heavy atom. The van der Waals surface area contributed by atoms with Gasteiger partial charge in [0.2, 0.25) is 10.0 Å². The van der Waals surface area contributed by atoms with Gasteiger partial charge in [-0.05, 0) is 19.1 Å². The van der Waals surface area contributed by atoms with Crippen molar-refractivity contribution in [3.8, 4) is 0 Å². The zero-order chi connectivity index (χ0) is 12.7. The fourth-order valence-corrected chi connectivity index (χ4v) is 2.12. The Bertz CT molecular complexity index is 431. The minimum absolute atomic E-state index is 0.146. The molecule has 1 aromatic rings. The molecule has 1 heterocycles. The molecule has 0 aliphatic rings. The predicted molar refractivity (Wildman–Crippen MR) is 65.5 cm³/mol. The highest BCUT2D eigenvalue weighted by Gasteiger charge is 2.13. The topological polar surface area (TPSA) is 80.3 Å². The maximum absolute atomic E-state index is 11.8. The summed E-state index contributed by atoms with van der Waals surface area (Å²) < 4.78 is 31.0. The van der Waals surface area contributed by atoms with Crippen LogP contribution >= 0.6 is 0 Å². The second kappa shape index (κ2) is 6.53. The second-order valence-electron chi connectivity index (χ2n) is 3.22. The van der Waals surface area contributed by atoms with E-state index in [1.807, 2.05) is 6.92 Å². The molecule has 0 fully saturated rings. The lowest BCUT2D eigenvalue weighted by Gasteiger charge is -2.07. The molecule has 96 valence electrons. The van der Waals surface area contributed by atoms with Gasteiger partial charge in [0.25, 0.3) is 0 Å². The van der Waals surface area contributed by atoms with Gasteiger partial charge in [-0.2, -0.15) is 0 Å². The molecule has 0 atom stereocenters. The average Bonchev–Trinajstić information content (AvgIpc) is 2.35. The summed E-state index contributed by atoms with van der Waals surface area (Å²) in [4.78, 5) is 4.09. The van der Waals surface area contributed by atoms with Crippen LogP contribution in [-0.2, 0) is 14.8 Å². The lowest BCUT2D eigenvalue weighted by molar-refractivity contribution is 0.153. The van der Waals surface area contributed by atoms with Crippen molar-refractivity contribution in [2.24, 2.45) is 0 Å². The molecule has 1 aromatic heterocycles. The molecular weight excluding hydrogens is 242 g/mol. The number of aromatic nitrogens is 1. The summed E-state index contributed by atoms with van der Waals surface area (Å²) in [5.74, 6) is 0.623. The lowest BCUT2D eigenvalue weighted by atomic mass is 10.5. The Morgan fingerprint density at radius 1 is 1.41 bits per heavy atom. The van der Waals surface area contributed by atoms with Crippen LogP contribution in [0, 0.1) is 0 Å². The normalized spacial score (nSPS) is 11.4. The summed E-state index contributed by atoms with van der Waals surface area (Å²) in [6, 6.07) is 3.11. The van der Waals surface area contributed by atoms with E-state index in [-0.39, 0.29) is 11.4 Å². The van der Waals surface area contributed by atoms with Crippen LogP contribution in [0.5, 0.6) is 0 Å². The molecule has 0 radical (unpaired) electrons. The van der Waals surface area contributed by atoms with Gasteiger partial charge in [-0.25, -0.2) is 18.1 Å². The van der Waals surface area contributed by atoms with Crippen LogP contribution < -0.4 is 10.0 Å². The fraction of sp³-hybridized carbons (Fsp3) is 0.500. The molecule has 7 heteroatoms. The van der Waals surface area contributed by atoms with Gasteiger partial charge in [0.1, 0.15) is 10.7 Å². The molecule has 1 rings (SSSR count). The van der Waals surface area contributed by atoms with Crippen LogP contribution in [0.4, 0.5) is 5.82 Å². The fourth-order valence-electron chi connectivity index (χ4n) is 1.16. The molecule has 6 nitrogen and oxygen atoms in total. The first-order valence-corrected chi connectivity index (χ1v) is 6.79. The predicted octanol–water partition coefficient (Wildman–Crippen LogP) is 0.438. The number of rotatable bonds is 7. The molecule has 0 amide bonds. The van der Waals surface area contributed by atoms with Crippen molar-refractivity contribution >= 4 is 15.8 Å². The van der Waals surface area contributed by atoms with Crippen molar-refractivity contribution in [3.63, 3.8) is 0 Å². The highest BCUT2D eigenvalue weighted by Crippen LogP contribution is 2.09. The number of nitrogens with zero attached hydrogens (tertiary/aromatic N) is 1. The standard InChI is InChI=1S/C10H17N3O3S/c1-3-16-7-6-13-17(14,15)9-4-5-10(11-2)12-8-9/h4-5,8,13H,3,6-7H2,1-2H3,(H,11,12). The Morgan fingerprint density at radius 2 is 2.18 bits per heavy atom. The van der Waals surface area contributed by atoms with E-state index in [0.29, 0.717) is 19.0 Å². The number of nitrogens with one attached hydrogen (secondary N) is 2. The summed E-state index contributed by atoms with van der Waals surface area (Å²) in [7, 11) is -1.77. The van der Waals surface area contributed by atoms with Crippen molar-refractivity contribution < 1.29 is 13.2 Å². The van der Waals surface area contributed by atoms with Gasteiger partial charge in [0.05, 0.1) is 6.61 Å². The van der Waals surface area contributed by atoms with E-state index in [4.69, 9.17) is 4.74 Å². The number of hydrogen-bond donors (Lipinski definition) is 2. The van der Waals surface area contributed by atoms with Crippen LogP contribution in [0.2, 0.25) is 0 Å². The molecule has 0 bridgehead atoms. The summed E-state index contributed by atoms with van der Waals surface area (Å²) in [6.45, 7) is 3.04. The van der Waals surface area contributed by atoms with Crippen LogP contribution in [-0.4, -0.2) is 40.2 Å². The van der Waals surface area contributed by atoms with Gasteiger partial charge in [0, 0.05) is 26.4 Å². The molecule has 0 aliphatic heterocycles. The molecule has 0 saturated heterocycles. The monoisotopic (exact) mass is 259 g/mol. The second-order valence-corrected chi connectivity index (χ2v) is 4.99. The number of hydrogen-bond acceptors (Lipinski definition) is 5. The Balaban J connectivity index is 2.62. The molecule has 17 heavy (non-hydrogen) atoms. The Hall–Kier alpha value is -1.18. The Labute approximate surface area is 101 Å². The zero-order valence-corrected chi connectivity index (χ0v) is 10.8. The molecule has 0 aromatic carbocycles. The first-order valence-electron chi connectivity index (χ1n) is 5.31. The van der Waals surface area contributed by atoms with E-state index in [1.54, 1.807) is 13.1 Å². The van der Waals surface area contributed by atoms with Gasteiger partial charge in [0.15, 0.2) is 0 Å². The molecule has 0 spiro atoms. The maximum Gasteiger partial charge on any atom is 0.242 e. The molecular formula is C10H17N3O3S. The third-order valence-corrected chi connectivity index (χ3v) is 3.49. The van der Waals surface area contributed by atoms with Crippen molar-refractivity contribution in [1.82, 2.24) is 9.71 Å². The van der Waals surface area contributed by atoms with E-state index in [0.717, 1.165) is 0 Å². The number of anilines is 1. The summed E-state index contributed by atoms with van der Waals surface area (Å²) >= 11 is 0. The minimum atomic E-state index is -3.49. The number of pyridine rings is 1. The zero-order valence-electron chi connectivity index (χ0n) is 9.93. The molecule has 0 unspecified atom stereocenters. The molecule has 0 saturated carbocycles. The van der Waals surface area contributed by atoms with Crippen molar-refractivity contribution in [2.45, 2.75) is 11.8 Å². The van der Waals surface area contributed by atoms with Crippen molar-refractivity contribution in [3.05, 3.63) is 18.3 Å². The van der Waals surface area contributed by atoms with E-state index >= 15 is 0 Å². The van der Waals surface area contributed by atoms with E-state index < -0.39 is 10.0 Å². The molecule has 0 aliphatic carbocycles. The quantitative estimate of drug-likeness (QED) is 0.694.